The highest BCUT2D eigenvalue weighted by Gasteiger charge is 2.45. The van der Waals surface area contributed by atoms with Crippen LogP contribution in [0.1, 0.15) is 19.6 Å². The number of imidazole rings is 1. The van der Waals surface area contributed by atoms with Crippen LogP contribution in [0, 0.1) is 0 Å². The molecule has 0 radical (unpaired) electrons. The number of aliphatic hydroxyl groups excluding tert-OH is 2. The highest BCUT2D eigenvalue weighted by molar-refractivity contribution is 5.82. The molecule has 0 unspecified atom stereocenters. The summed E-state index contributed by atoms with van der Waals surface area (Å²) < 4.78 is 12.8. The summed E-state index contributed by atoms with van der Waals surface area (Å²) in [7, 11) is 0. The van der Waals surface area contributed by atoms with Crippen molar-refractivity contribution in [2.45, 2.75) is 37.9 Å². The molecule has 1 fully saturated rings. The Bertz CT molecular complexity index is 692. The molecule has 126 valence electrons. The van der Waals surface area contributed by atoms with Crippen molar-refractivity contribution in [2.24, 2.45) is 0 Å². The number of fused-ring (bicyclic) bond motifs is 1. The number of nitrogens with two attached hydrogens (primary N) is 2. The molecule has 1 aliphatic heterocycles. The molecule has 0 bridgehead atoms. The van der Waals surface area contributed by atoms with Gasteiger partial charge in [0.25, 0.3) is 0 Å². The van der Waals surface area contributed by atoms with Gasteiger partial charge in [0.05, 0.1) is 12.9 Å². The van der Waals surface area contributed by atoms with Crippen LogP contribution in [0.5, 0.6) is 0 Å². The van der Waals surface area contributed by atoms with Crippen LogP contribution in [-0.4, -0.2) is 61.3 Å². The van der Waals surface area contributed by atoms with E-state index in [4.69, 9.17) is 20.9 Å². The summed E-state index contributed by atoms with van der Waals surface area (Å²) in [6, 6.07) is 0. The summed E-state index contributed by atoms with van der Waals surface area (Å²) in [4.78, 5) is 12.1. The summed E-state index contributed by atoms with van der Waals surface area (Å²) in [6.07, 6.45) is -0.851. The maximum Gasteiger partial charge on any atom is 0.224 e. The fourth-order valence-corrected chi connectivity index (χ4v) is 2.70. The van der Waals surface area contributed by atoms with Gasteiger partial charge in [-0.1, -0.05) is 6.92 Å². The van der Waals surface area contributed by atoms with Crippen LogP contribution in [-0.2, 0) is 9.47 Å². The average Bonchev–Trinajstić information content (AvgIpc) is 3.06. The Morgan fingerprint density at radius 1 is 1.39 bits per heavy atom. The van der Waals surface area contributed by atoms with Crippen LogP contribution in [0.15, 0.2) is 6.33 Å². The molecule has 10 nitrogen and oxygen atoms in total. The standard InChI is InChI=1S/C13H20N6O4/c1-2-3-22-9-6(4-20)23-12(8(9)21)19-5-16-7-10(14)17-13(15)18-11(7)19/h5-6,8-9,12,20-21H,2-4H2,1H3,(H4,14,15,17,18)/t6-,8+,9-,12-/m1/s1. The van der Waals surface area contributed by atoms with E-state index in [0.29, 0.717) is 17.8 Å². The minimum Gasteiger partial charge on any atom is -0.394 e. The van der Waals surface area contributed by atoms with Gasteiger partial charge in [-0.25, -0.2) is 4.98 Å². The van der Waals surface area contributed by atoms with Crippen LogP contribution in [0.2, 0.25) is 0 Å². The lowest BCUT2D eigenvalue weighted by Gasteiger charge is -2.19. The van der Waals surface area contributed by atoms with Crippen molar-refractivity contribution in [1.82, 2.24) is 19.5 Å². The van der Waals surface area contributed by atoms with E-state index in [1.54, 1.807) is 0 Å². The van der Waals surface area contributed by atoms with Crippen LogP contribution in [0.25, 0.3) is 11.2 Å². The quantitative estimate of drug-likeness (QED) is 0.544. The molecule has 2 aromatic rings. The first-order valence-corrected chi connectivity index (χ1v) is 7.38. The Morgan fingerprint density at radius 2 is 2.17 bits per heavy atom. The number of hydrogen-bond donors (Lipinski definition) is 4. The smallest absolute Gasteiger partial charge is 0.224 e. The molecule has 0 aromatic carbocycles. The third-order valence-electron chi connectivity index (χ3n) is 3.74. The lowest BCUT2D eigenvalue weighted by atomic mass is 10.1. The predicted octanol–water partition coefficient (Wildman–Crippen LogP) is -0.963. The van der Waals surface area contributed by atoms with Crippen molar-refractivity contribution in [3.63, 3.8) is 0 Å². The Morgan fingerprint density at radius 3 is 2.87 bits per heavy atom. The number of ether oxygens (including phenoxy) is 2. The molecule has 3 heterocycles. The topological polar surface area (TPSA) is 155 Å². The zero-order valence-corrected chi connectivity index (χ0v) is 12.7. The summed E-state index contributed by atoms with van der Waals surface area (Å²) in [5, 5.41) is 20.0. The van der Waals surface area contributed by atoms with E-state index in [-0.39, 0.29) is 18.4 Å². The molecular formula is C13H20N6O4. The van der Waals surface area contributed by atoms with Crippen molar-refractivity contribution in [3.8, 4) is 0 Å². The molecule has 3 rings (SSSR count). The van der Waals surface area contributed by atoms with Gasteiger partial charge in [0, 0.05) is 6.61 Å². The van der Waals surface area contributed by atoms with Gasteiger partial charge >= 0.3 is 0 Å². The van der Waals surface area contributed by atoms with E-state index in [1.807, 2.05) is 6.92 Å². The first-order valence-electron chi connectivity index (χ1n) is 7.38. The van der Waals surface area contributed by atoms with Gasteiger partial charge in [-0.3, -0.25) is 4.57 Å². The number of aliphatic hydroxyl groups is 2. The Hall–Kier alpha value is -2.01. The number of nitrogens with zero attached hydrogens (tertiary/aromatic N) is 4. The van der Waals surface area contributed by atoms with Crippen LogP contribution < -0.4 is 11.5 Å². The van der Waals surface area contributed by atoms with E-state index in [2.05, 4.69) is 15.0 Å². The summed E-state index contributed by atoms with van der Waals surface area (Å²) in [6.45, 7) is 2.15. The number of rotatable bonds is 5. The Kier molecular flexibility index (Phi) is 4.31. The van der Waals surface area contributed by atoms with E-state index in [0.717, 1.165) is 6.42 Å². The molecule has 0 amide bonds. The fraction of sp³-hybridized carbons (Fsp3) is 0.615. The van der Waals surface area contributed by atoms with Gasteiger partial charge in [-0.05, 0) is 6.42 Å². The molecule has 0 saturated carbocycles. The zero-order chi connectivity index (χ0) is 16.6. The van der Waals surface area contributed by atoms with Crippen molar-refractivity contribution in [1.29, 1.82) is 0 Å². The third-order valence-corrected chi connectivity index (χ3v) is 3.74. The maximum atomic E-state index is 10.5. The summed E-state index contributed by atoms with van der Waals surface area (Å²) in [5.41, 5.74) is 12.1. The number of aromatic nitrogens is 4. The lowest BCUT2D eigenvalue weighted by Crippen LogP contribution is -2.36. The van der Waals surface area contributed by atoms with E-state index in [1.165, 1.54) is 10.9 Å². The van der Waals surface area contributed by atoms with E-state index < -0.39 is 24.5 Å². The molecule has 10 heteroatoms. The SMILES string of the molecule is CCCO[C@H]1[C@H](O)[C@H](n2cnc3c(N)nc(N)nc32)O[C@@H]1CO. The minimum atomic E-state index is -0.992. The van der Waals surface area contributed by atoms with Crippen LogP contribution >= 0.6 is 0 Å². The molecule has 4 atom stereocenters. The van der Waals surface area contributed by atoms with Crippen molar-refractivity contribution < 1.29 is 19.7 Å². The maximum absolute atomic E-state index is 10.5. The van der Waals surface area contributed by atoms with Crippen LogP contribution in [0.3, 0.4) is 0 Å². The third kappa shape index (κ3) is 2.70. The van der Waals surface area contributed by atoms with Gasteiger partial charge in [0.2, 0.25) is 5.95 Å². The number of anilines is 2. The van der Waals surface area contributed by atoms with Gasteiger partial charge in [-0.15, -0.1) is 0 Å². The zero-order valence-electron chi connectivity index (χ0n) is 12.7. The monoisotopic (exact) mass is 324 g/mol. The molecule has 2 aromatic heterocycles. The highest BCUT2D eigenvalue weighted by Crippen LogP contribution is 2.33. The first kappa shape index (κ1) is 15.9. The highest BCUT2D eigenvalue weighted by atomic mass is 16.6. The molecule has 0 aliphatic carbocycles. The van der Waals surface area contributed by atoms with Crippen molar-refractivity contribution in [2.75, 3.05) is 24.7 Å². The number of hydrogen-bond acceptors (Lipinski definition) is 9. The van der Waals surface area contributed by atoms with Crippen molar-refractivity contribution >= 4 is 22.9 Å². The fourth-order valence-electron chi connectivity index (χ4n) is 2.70. The number of nitrogen functional groups attached to an aromatic ring is 2. The largest absolute Gasteiger partial charge is 0.394 e. The summed E-state index contributed by atoms with van der Waals surface area (Å²) in [5.74, 6) is 0.151. The normalized spacial score (nSPS) is 27.8. The molecule has 1 aliphatic rings. The van der Waals surface area contributed by atoms with Crippen molar-refractivity contribution in [3.05, 3.63) is 6.33 Å². The molecule has 1 saturated heterocycles. The van der Waals surface area contributed by atoms with Gasteiger partial charge in [-0.2, -0.15) is 9.97 Å². The van der Waals surface area contributed by atoms with E-state index >= 15 is 0 Å². The van der Waals surface area contributed by atoms with Gasteiger partial charge < -0.3 is 31.2 Å². The lowest BCUT2D eigenvalue weighted by molar-refractivity contribution is -0.0603. The first-order chi connectivity index (χ1) is 11.1. The second-order valence-corrected chi connectivity index (χ2v) is 5.36. The minimum absolute atomic E-state index is 0.00160. The second kappa shape index (κ2) is 6.24. The molecule has 23 heavy (non-hydrogen) atoms. The van der Waals surface area contributed by atoms with Gasteiger partial charge in [0.15, 0.2) is 17.7 Å². The molecule has 0 spiro atoms. The van der Waals surface area contributed by atoms with Gasteiger partial charge in [0.1, 0.15) is 23.8 Å². The average molecular weight is 324 g/mol. The van der Waals surface area contributed by atoms with Crippen LogP contribution in [0.4, 0.5) is 11.8 Å². The molecular weight excluding hydrogens is 304 g/mol. The Balaban J connectivity index is 1.95. The predicted molar refractivity (Wildman–Crippen MR) is 81.2 cm³/mol. The summed E-state index contributed by atoms with van der Waals surface area (Å²) >= 11 is 0. The second-order valence-electron chi connectivity index (χ2n) is 5.36. The Labute approximate surface area is 132 Å². The molecule has 6 N–H and O–H groups in total. The van der Waals surface area contributed by atoms with E-state index in [9.17, 15) is 10.2 Å².